The molecule has 104 valence electrons. The van der Waals surface area contributed by atoms with E-state index in [0.29, 0.717) is 23.6 Å². The molecule has 0 saturated carbocycles. The van der Waals surface area contributed by atoms with Gasteiger partial charge < -0.3 is 15.8 Å². The van der Waals surface area contributed by atoms with Crippen molar-refractivity contribution in [3.63, 3.8) is 0 Å². The summed E-state index contributed by atoms with van der Waals surface area (Å²) in [5.74, 6) is -0.250. The average Bonchev–Trinajstić information content (AvgIpc) is 2.89. The lowest BCUT2D eigenvalue weighted by atomic mass is 10.1. The molecule has 0 spiro atoms. The van der Waals surface area contributed by atoms with E-state index in [1.54, 1.807) is 0 Å². The third kappa shape index (κ3) is 4.01. The highest BCUT2D eigenvalue weighted by molar-refractivity contribution is 5.92. The Morgan fingerprint density at radius 2 is 2.37 bits per heavy atom. The van der Waals surface area contributed by atoms with Crippen molar-refractivity contribution >= 4 is 5.91 Å². The van der Waals surface area contributed by atoms with Gasteiger partial charge in [0.05, 0.1) is 0 Å². The molecule has 0 aromatic heterocycles. The first-order chi connectivity index (χ1) is 9.16. The third-order valence-corrected chi connectivity index (χ3v) is 3.40. The van der Waals surface area contributed by atoms with Gasteiger partial charge in [0.15, 0.2) is 0 Å². The van der Waals surface area contributed by atoms with Crippen molar-refractivity contribution < 1.29 is 13.9 Å². The summed E-state index contributed by atoms with van der Waals surface area (Å²) < 4.78 is 18.8. The largest absolute Gasteiger partial charge is 0.381 e. The Morgan fingerprint density at radius 1 is 1.53 bits per heavy atom. The number of benzene rings is 1. The molecular formula is C14H19FN2O2. The molecule has 0 aliphatic carbocycles. The Morgan fingerprint density at radius 3 is 3.05 bits per heavy atom. The van der Waals surface area contributed by atoms with Crippen LogP contribution in [0.3, 0.4) is 0 Å². The van der Waals surface area contributed by atoms with Crippen molar-refractivity contribution in [2.24, 2.45) is 11.7 Å². The maximum absolute atomic E-state index is 13.5. The van der Waals surface area contributed by atoms with E-state index in [4.69, 9.17) is 10.5 Å². The topological polar surface area (TPSA) is 64.4 Å². The van der Waals surface area contributed by atoms with Gasteiger partial charge in [-0.1, -0.05) is 0 Å². The standard InChI is InChI=1S/C14H19FN2O2/c15-13-2-1-11(14(16)18)7-12(13)8-17-5-3-10-4-6-19-9-10/h1-2,7,10,17H,3-6,8-9H2,(H2,16,18). The molecule has 1 saturated heterocycles. The third-order valence-electron chi connectivity index (χ3n) is 3.40. The number of nitrogens with two attached hydrogens (primary N) is 1. The van der Waals surface area contributed by atoms with Crippen molar-refractivity contribution in [3.05, 3.63) is 35.1 Å². The number of halogens is 1. The van der Waals surface area contributed by atoms with Gasteiger partial charge >= 0.3 is 0 Å². The summed E-state index contributed by atoms with van der Waals surface area (Å²) in [5.41, 5.74) is 5.98. The zero-order chi connectivity index (χ0) is 13.7. The van der Waals surface area contributed by atoms with Crippen LogP contribution < -0.4 is 11.1 Å². The SMILES string of the molecule is NC(=O)c1ccc(F)c(CNCCC2CCOC2)c1. The van der Waals surface area contributed by atoms with Crippen molar-refractivity contribution in [2.75, 3.05) is 19.8 Å². The minimum atomic E-state index is -0.538. The molecule has 2 rings (SSSR count). The Hall–Kier alpha value is -1.46. The summed E-state index contributed by atoms with van der Waals surface area (Å²) in [7, 11) is 0. The van der Waals surface area contributed by atoms with E-state index < -0.39 is 5.91 Å². The van der Waals surface area contributed by atoms with Crippen LogP contribution in [0.2, 0.25) is 0 Å². The Kier molecular flexibility index (Phi) is 4.87. The summed E-state index contributed by atoms with van der Waals surface area (Å²) in [6, 6.07) is 4.18. The predicted molar refractivity (Wildman–Crippen MR) is 70.2 cm³/mol. The number of nitrogens with one attached hydrogen (secondary N) is 1. The molecule has 1 heterocycles. The number of ether oxygens (including phenoxy) is 1. The van der Waals surface area contributed by atoms with Gasteiger partial charge in [-0.05, 0) is 43.5 Å². The molecule has 1 aromatic carbocycles. The molecule has 1 aliphatic rings. The molecule has 5 heteroatoms. The molecular weight excluding hydrogens is 247 g/mol. The number of carbonyl (C=O) groups excluding carboxylic acids is 1. The lowest BCUT2D eigenvalue weighted by Crippen LogP contribution is -2.19. The van der Waals surface area contributed by atoms with Gasteiger partial charge in [-0.2, -0.15) is 0 Å². The molecule has 1 atom stereocenters. The molecule has 19 heavy (non-hydrogen) atoms. The van der Waals surface area contributed by atoms with Gasteiger partial charge in [0, 0.05) is 30.9 Å². The smallest absolute Gasteiger partial charge is 0.248 e. The van der Waals surface area contributed by atoms with Crippen LogP contribution in [-0.4, -0.2) is 25.7 Å². The van der Waals surface area contributed by atoms with Crippen LogP contribution >= 0.6 is 0 Å². The van der Waals surface area contributed by atoms with Gasteiger partial charge in [-0.15, -0.1) is 0 Å². The maximum atomic E-state index is 13.5. The molecule has 4 nitrogen and oxygen atoms in total. The zero-order valence-electron chi connectivity index (χ0n) is 10.8. The van der Waals surface area contributed by atoms with Gasteiger partial charge in [0.2, 0.25) is 5.91 Å². The second-order valence-corrected chi connectivity index (χ2v) is 4.87. The number of primary amides is 1. The summed E-state index contributed by atoms with van der Waals surface area (Å²) in [6.07, 6.45) is 2.13. The highest BCUT2D eigenvalue weighted by atomic mass is 19.1. The van der Waals surface area contributed by atoms with Gasteiger partial charge in [0.1, 0.15) is 5.82 Å². The van der Waals surface area contributed by atoms with Crippen LogP contribution in [0.5, 0.6) is 0 Å². The van der Waals surface area contributed by atoms with Gasteiger partial charge in [0.25, 0.3) is 0 Å². The average molecular weight is 266 g/mol. The second kappa shape index (κ2) is 6.63. The molecule has 3 N–H and O–H groups in total. The monoisotopic (exact) mass is 266 g/mol. The fourth-order valence-electron chi connectivity index (χ4n) is 2.20. The van der Waals surface area contributed by atoms with E-state index in [2.05, 4.69) is 5.32 Å². The van der Waals surface area contributed by atoms with E-state index >= 15 is 0 Å². The fraction of sp³-hybridized carbons (Fsp3) is 0.500. The van der Waals surface area contributed by atoms with Crippen molar-refractivity contribution in [1.29, 1.82) is 0 Å². The van der Waals surface area contributed by atoms with Crippen LogP contribution in [0.1, 0.15) is 28.8 Å². The van der Waals surface area contributed by atoms with Crippen molar-refractivity contribution in [1.82, 2.24) is 5.32 Å². The fourth-order valence-corrected chi connectivity index (χ4v) is 2.20. The molecule has 1 aromatic rings. The lowest BCUT2D eigenvalue weighted by Gasteiger charge is -2.10. The first-order valence-electron chi connectivity index (χ1n) is 6.53. The number of hydrogen-bond acceptors (Lipinski definition) is 3. The van der Waals surface area contributed by atoms with Crippen LogP contribution in [0.15, 0.2) is 18.2 Å². The van der Waals surface area contributed by atoms with Crippen molar-refractivity contribution in [2.45, 2.75) is 19.4 Å². The number of carbonyl (C=O) groups is 1. The first kappa shape index (κ1) is 14.0. The summed E-state index contributed by atoms with van der Waals surface area (Å²) in [6.45, 7) is 2.89. The van der Waals surface area contributed by atoms with Crippen LogP contribution in [-0.2, 0) is 11.3 Å². The Bertz CT molecular complexity index is 445. The minimum Gasteiger partial charge on any atom is -0.381 e. The van der Waals surface area contributed by atoms with E-state index in [1.807, 2.05) is 0 Å². The Labute approximate surface area is 112 Å². The maximum Gasteiger partial charge on any atom is 0.248 e. The number of hydrogen-bond donors (Lipinski definition) is 2. The summed E-state index contributed by atoms with van der Waals surface area (Å²) in [4.78, 5) is 11.0. The van der Waals surface area contributed by atoms with E-state index in [-0.39, 0.29) is 5.82 Å². The number of amides is 1. The predicted octanol–water partition coefficient (Wildman–Crippen LogP) is 1.44. The van der Waals surface area contributed by atoms with E-state index in [9.17, 15) is 9.18 Å². The lowest BCUT2D eigenvalue weighted by molar-refractivity contribution is 0.1000. The van der Waals surface area contributed by atoms with Gasteiger partial charge in [-0.25, -0.2) is 4.39 Å². The number of rotatable bonds is 6. The van der Waals surface area contributed by atoms with Crippen LogP contribution in [0.25, 0.3) is 0 Å². The second-order valence-electron chi connectivity index (χ2n) is 4.87. The summed E-state index contributed by atoms with van der Waals surface area (Å²) >= 11 is 0. The minimum absolute atomic E-state index is 0.318. The normalized spacial score (nSPS) is 18.7. The van der Waals surface area contributed by atoms with E-state index in [1.165, 1.54) is 18.2 Å². The van der Waals surface area contributed by atoms with Crippen LogP contribution in [0.4, 0.5) is 4.39 Å². The van der Waals surface area contributed by atoms with Crippen LogP contribution in [0, 0.1) is 11.7 Å². The molecule has 1 aliphatic heterocycles. The van der Waals surface area contributed by atoms with Gasteiger partial charge in [-0.3, -0.25) is 4.79 Å². The highest BCUT2D eigenvalue weighted by Crippen LogP contribution is 2.15. The van der Waals surface area contributed by atoms with E-state index in [0.717, 1.165) is 32.6 Å². The molecule has 1 amide bonds. The quantitative estimate of drug-likeness (QED) is 0.766. The first-order valence-corrected chi connectivity index (χ1v) is 6.53. The molecule has 1 unspecified atom stereocenters. The highest BCUT2D eigenvalue weighted by Gasteiger charge is 2.14. The molecule has 1 fully saturated rings. The Balaban J connectivity index is 1.81. The molecule has 0 radical (unpaired) electrons. The molecule has 0 bridgehead atoms. The summed E-state index contributed by atoms with van der Waals surface area (Å²) in [5, 5.41) is 3.19. The zero-order valence-corrected chi connectivity index (χ0v) is 10.8. The van der Waals surface area contributed by atoms with Crippen molar-refractivity contribution in [3.8, 4) is 0 Å².